The van der Waals surface area contributed by atoms with E-state index in [1.54, 1.807) is 13.2 Å². The summed E-state index contributed by atoms with van der Waals surface area (Å²) in [6, 6.07) is 48.3. The van der Waals surface area contributed by atoms with Gasteiger partial charge in [0.2, 0.25) is 6.71 Å². The van der Waals surface area contributed by atoms with Crippen LogP contribution in [0.25, 0.3) is 49.7 Å². The first-order chi connectivity index (χ1) is 21.7. The molecule has 4 nitrogen and oxygen atoms in total. The summed E-state index contributed by atoms with van der Waals surface area (Å²) in [7, 11) is 1.72. The number of hydrogen-bond acceptors (Lipinski definition) is 3. The molecule has 0 fully saturated rings. The van der Waals surface area contributed by atoms with Crippen molar-refractivity contribution in [1.82, 2.24) is 4.57 Å². The van der Waals surface area contributed by atoms with Gasteiger partial charge >= 0.3 is 0 Å². The van der Waals surface area contributed by atoms with E-state index in [1.165, 1.54) is 10.9 Å². The molecule has 6 aromatic carbocycles. The molecule has 204 valence electrons. The van der Waals surface area contributed by atoms with Gasteiger partial charge in [-0.2, -0.15) is 10.5 Å². The summed E-state index contributed by atoms with van der Waals surface area (Å²) in [5.74, 6) is 0.844. The summed E-state index contributed by atoms with van der Waals surface area (Å²) < 4.78 is 8.23. The van der Waals surface area contributed by atoms with Gasteiger partial charge in [-0.3, -0.25) is 0 Å². The van der Waals surface area contributed by atoms with Crippen LogP contribution in [-0.4, -0.2) is 18.4 Å². The van der Waals surface area contributed by atoms with Crippen LogP contribution in [0.2, 0.25) is 0 Å². The summed E-state index contributed by atoms with van der Waals surface area (Å²) in [6.07, 6.45) is 0. The molecular weight excluding hydrogens is 537 g/mol. The number of nitrogens with zero attached hydrogens (tertiary/aromatic N) is 3. The first kappa shape index (κ1) is 25.7. The van der Waals surface area contributed by atoms with E-state index in [0.29, 0.717) is 11.1 Å². The van der Waals surface area contributed by atoms with Crippen LogP contribution < -0.4 is 21.1 Å². The summed E-state index contributed by atoms with van der Waals surface area (Å²) in [6.45, 7) is -0.104. The summed E-state index contributed by atoms with van der Waals surface area (Å²) in [5.41, 5.74) is 11.6. The normalized spacial score (nSPS) is 11.7. The largest absolute Gasteiger partial charge is 0.496 e. The van der Waals surface area contributed by atoms with Gasteiger partial charge in [0.1, 0.15) is 17.9 Å². The molecule has 0 atom stereocenters. The Hall–Kier alpha value is -6.04. The smallest absolute Gasteiger partial charge is 0.246 e. The number of fused-ring (bicyclic) bond motifs is 6. The van der Waals surface area contributed by atoms with Crippen molar-refractivity contribution in [2.45, 2.75) is 0 Å². The van der Waals surface area contributed by atoms with Gasteiger partial charge in [0.05, 0.1) is 29.3 Å². The number of ether oxygens (including phenoxy) is 1. The Labute approximate surface area is 255 Å². The van der Waals surface area contributed by atoms with Crippen molar-refractivity contribution in [3.8, 4) is 45.8 Å². The van der Waals surface area contributed by atoms with Crippen LogP contribution in [0.1, 0.15) is 11.1 Å². The van der Waals surface area contributed by atoms with Crippen LogP contribution >= 0.6 is 0 Å². The number of aromatic nitrogens is 1. The molecule has 2 heterocycles. The summed E-state index contributed by atoms with van der Waals surface area (Å²) in [4.78, 5) is 0. The van der Waals surface area contributed by atoms with Crippen LogP contribution in [0.4, 0.5) is 0 Å². The van der Waals surface area contributed by atoms with Crippen molar-refractivity contribution in [2.75, 3.05) is 7.11 Å². The van der Waals surface area contributed by atoms with Crippen molar-refractivity contribution >= 4 is 44.9 Å². The molecule has 0 bridgehead atoms. The maximum absolute atomic E-state index is 10.2. The topological polar surface area (TPSA) is 61.7 Å². The molecule has 8 rings (SSSR count). The van der Waals surface area contributed by atoms with Crippen molar-refractivity contribution < 1.29 is 4.74 Å². The average Bonchev–Trinajstić information content (AvgIpc) is 3.61. The quantitative estimate of drug-likeness (QED) is 0.225. The SMILES string of the molecule is COc1cccc2c1c1ccccc1n2-c1cccc2c1B(c1ccccc1)c1c(-c3cccc(C#N)c3C#N)cccc1-2. The fourth-order valence-corrected chi connectivity index (χ4v) is 7.16. The van der Waals surface area contributed by atoms with Gasteiger partial charge in [-0.25, -0.2) is 0 Å². The van der Waals surface area contributed by atoms with E-state index in [9.17, 15) is 10.5 Å². The summed E-state index contributed by atoms with van der Waals surface area (Å²) in [5, 5.41) is 22.2. The molecule has 44 heavy (non-hydrogen) atoms. The van der Waals surface area contributed by atoms with E-state index in [2.05, 4.69) is 108 Å². The van der Waals surface area contributed by atoms with Crippen molar-refractivity contribution in [2.24, 2.45) is 0 Å². The molecule has 0 N–H and O–H groups in total. The van der Waals surface area contributed by atoms with E-state index in [4.69, 9.17) is 4.74 Å². The Morgan fingerprint density at radius 2 is 1.23 bits per heavy atom. The molecule has 0 aliphatic carbocycles. The van der Waals surface area contributed by atoms with E-state index in [1.807, 2.05) is 30.3 Å². The van der Waals surface area contributed by atoms with E-state index in [0.717, 1.165) is 61.0 Å². The minimum absolute atomic E-state index is 0.104. The Morgan fingerprint density at radius 1 is 0.591 bits per heavy atom. The minimum Gasteiger partial charge on any atom is -0.496 e. The average molecular weight is 561 g/mol. The van der Waals surface area contributed by atoms with Crippen LogP contribution in [0.15, 0.2) is 127 Å². The molecule has 0 spiro atoms. The van der Waals surface area contributed by atoms with Gasteiger partial charge in [0.15, 0.2) is 0 Å². The van der Waals surface area contributed by atoms with Crippen molar-refractivity contribution in [3.63, 3.8) is 0 Å². The predicted molar refractivity (Wildman–Crippen MR) is 179 cm³/mol. The number of nitriles is 2. The second kappa shape index (κ2) is 10.1. The lowest BCUT2D eigenvalue weighted by atomic mass is 9.37. The monoisotopic (exact) mass is 561 g/mol. The molecule has 0 radical (unpaired) electrons. The highest BCUT2D eigenvalue weighted by Crippen LogP contribution is 2.39. The number of para-hydroxylation sites is 1. The van der Waals surface area contributed by atoms with Gasteiger partial charge in [0, 0.05) is 22.0 Å². The molecule has 1 aliphatic heterocycles. The Morgan fingerprint density at radius 3 is 2.00 bits per heavy atom. The zero-order chi connectivity index (χ0) is 29.8. The van der Waals surface area contributed by atoms with Crippen LogP contribution in [0.5, 0.6) is 5.75 Å². The zero-order valence-corrected chi connectivity index (χ0v) is 24.0. The molecule has 1 aromatic heterocycles. The minimum atomic E-state index is -0.104. The highest BCUT2D eigenvalue weighted by atomic mass is 16.5. The van der Waals surface area contributed by atoms with Crippen LogP contribution in [-0.2, 0) is 0 Å². The molecule has 7 aromatic rings. The Balaban J connectivity index is 1.49. The fourth-order valence-electron chi connectivity index (χ4n) is 7.16. The van der Waals surface area contributed by atoms with E-state index < -0.39 is 0 Å². The molecule has 5 heteroatoms. The standard InChI is InChI=1S/C39H24BN3O/c1-44-36-22-10-20-34-37(36)31-14-5-6-19-33(31)43(34)35-21-9-18-30-29-17-8-16-28(27-15-7-11-25(23-41)32(27)24-42)38(29)40(39(30)35)26-12-3-2-4-13-26/h2-22H,1H3. The second-order valence-electron chi connectivity index (χ2n) is 11.0. The molecule has 0 amide bonds. The third-order valence-electron chi connectivity index (χ3n) is 8.90. The first-order valence-electron chi connectivity index (χ1n) is 14.6. The fraction of sp³-hybridized carbons (Fsp3) is 0.0256. The first-order valence-corrected chi connectivity index (χ1v) is 14.6. The maximum atomic E-state index is 10.2. The molecule has 0 saturated carbocycles. The highest BCUT2D eigenvalue weighted by Gasteiger charge is 2.38. The van der Waals surface area contributed by atoms with Crippen LogP contribution in [0, 0.1) is 22.7 Å². The lowest BCUT2D eigenvalue weighted by Gasteiger charge is -2.19. The lowest BCUT2D eigenvalue weighted by Crippen LogP contribution is -2.50. The van der Waals surface area contributed by atoms with Gasteiger partial charge in [0.25, 0.3) is 0 Å². The number of benzene rings is 6. The predicted octanol–water partition coefficient (Wildman–Crippen LogP) is 6.70. The van der Waals surface area contributed by atoms with Crippen molar-refractivity contribution in [1.29, 1.82) is 10.5 Å². The van der Waals surface area contributed by atoms with Gasteiger partial charge in [-0.05, 0) is 52.5 Å². The second-order valence-corrected chi connectivity index (χ2v) is 11.0. The number of rotatable bonds is 4. The summed E-state index contributed by atoms with van der Waals surface area (Å²) >= 11 is 0. The number of hydrogen-bond donors (Lipinski definition) is 0. The zero-order valence-electron chi connectivity index (χ0n) is 24.0. The third-order valence-corrected chi connectivity index (χ3v) is 8.90. The van der Waals surface area contributed by atoms with Crippen LogP contribution in [0.3, 0.4) is 0 Å². The van der Waals surface area contributed by atoms with E-state index in [-0.39, 0.29) is 6.71 Å². The molecule has 1 aliphatic rings. The lowest BCUT2D eigenvalue weighted by molar-refractivity contribution is 0.420. The van der Waals surface area contributed by atoms with Gasteiger partial charge in [-0.15, -0.1) is 0 Å². The Bertz CT molecular complexity index is 2360. The molecule has 0 saturated heterocycles. The number of methoxy groups -OCH3 is 1. The molecular formula is C39H24BN3O. The maximum Gasteiger partial charge on any atom is 0.246 e. The molecule has 0 unspecified atom stereocenters. The highest BCUT2D eigenvalue weighted by molar-refractivity contribution is 7.00. The van der Waals surface area contributed by atoms with Crippen molar-refractivity contribution in [3.05, 3.63) is 139 Å². The Kier molecular flexibility index (Phi) is 5.86. The van der Waals surface area contributed by atoms with E-state index >= 15 is 0 Å². The van der Waals surface area contributed by atoms with Gasteiger partial charge in [-0.1, -0.05) is 108 Å². The van der Waals surface area contributed by atoms with Gasteiger partial charge < -0.3 is 9.30 Å². The third kappa shape index (κ3) is 3.57.